The Morgan fingerprint density at radius 2 is 1.65 bits per heavy atom. The van der Waals surface area contributed by atoms with Crippen molar-refractivity contribution in [3.63, 3.8) is 0 Å². The van der Waals surface area contributed by atoms with Crippen LogP contribution in [0.15, 0.2) is 95.9 Å². The lowest BCUT2D eigenvalue weighted by Crippen LogP contribution is -2.39. The highest BCUT2D eigenvalue weighted by Crippen LogP contribution is 2.48. The van der Waals surface area contributed by atoms with E-state index in [2.05, 4.69) is 10.3 Å². The molecule has 224 valence electrons. The third-order valence-electron chi connectivity index (χ3n) is 7.31. The van der Waals surface area contributed by atoms with Crippen molar-refractivity contribution in [2.24, 2.45) is 0 Å². The summed E-state index contributed by atoms with van der Waals surface area (Å²) < 4.78 is 40.5. The van der Waals surface area contributed by atoms with Crippen LogP contribution in [-0.2, 0) is 19.9 Å². The summed E-state index contributed by atoms with van der Waals surface area (Å²) in [4.78, 5) is 27.8. The van der Waals surface area contributed by atoms with Crippen LogP contribution in [0.25, 0.3) is 0 Å². The molecular weight excluding hydrogens is 557 g/mol. The summed E-state index contributed by atoms with van der Waals surface area (Å²) >= 11 is 0. The molecule has 1 fully saturated rings. The topological polar surface area (TPSA) is 121 Å². The average molecular weight is 590 g/mol. The molecule has 1 aliphatic heterocycles. The number of nitrogens with zero attached hydrogens (tertiary/aromatic N) is 2. The van der Waals surface area contributed by atoms with Crippen molar-refractivity contribution in [1.82, 2.24) is 9.55 Å². The van der Waals surface area contributed by atoms with E-state index in [4.69, 9.17) is 18.9 Å². The molecule has 0 unspecified atom stereocenters. The lowest BCUT2D eigenvalue weighted by atomic mass is 9.79. The molecule has 1 amide bonds. The van der Waals surface area contributed by atoms with E-state index in [-0.39, 0.29) is 12.4 Å². The molecule has 1 aliphatic rings. The number of halogens is 1. The van der Waals surface area contributed by atoms with Gasteiger partial charge in [-0.15, -0.1) is 0 Å². The van der Waals surface area contributed by atoms with Crippen LogP contribution in [0.1, 0.15) is 29.8 Å². The fraction of sp³-hybridized carbons (Fsp3) is 0.281. The second-order valence-corrected chi connectivity index (χ2v) is 9.95. The van der Waals surface area contributed by atoms with Gasteiger partial charge in [0, 0.05) is 18.7 Å². The molecular formula is C32H32FN3O7. The average Bonchev–Trinajstić information content (AvgIpc) is 3.30. The standard InChI is InChI=1S/C32H32FN3O7/c1-20(37)34-26-17-18-36(31(39)35-26)30-27(33)28(38)25(43-30)19-42-32(21-11-6-4-7-12-21,22-13-8-5-9-14-22)23-15-10-16-24(40-2)29(23)41-3/h4-18,25,27-28,30,38H,19H2,1-3H3,(H,34,35,37,39)/t25-,27-,28-,30-/m1/s1. The van der Waals surface area contributed by atoms with Crippen molar-refractivity contribution in [2.45, 2.75) is 37.1 Å². The number of benzene rings is 3. The van der Waals surface area contributed by atoms with Crippen molar-refractivity contribution < 1.29 is 33.2 Å². The van der Waals surface area contributed by atoms with Gasteiger partial charge in [0.25, 0.3) is 0 Å². The molecule has 0 radical (unpaired) electrons. The van der Waals surface area contributed by atoms with Gasteiger partial charge in [-0.05, 0) is 23.3 Å². The maximum absolute atomic E-state index is 15.5. The fourth-order valence-electron chi connectivity index (χ4n) is 5.36. The maximum Gasteiger partial charge on any atom is 0.351 e. The van der Waals surface area contributed by atoms with Gasteiger partial charge in [0.05, 0.1) is 20.8 Å². The number of alkyl halides is 1. The second kappa shape index (κ2) is 12.7. The van der Waals surface area contributed by atoms with Gasteiger partial charge in [-0.25, -0.2) is 9.18 Å². The summed E-state index contributed by atoms with van der Waals surface area (Å²) in [5.41, 5.74) is -0.0725. The highest BCUT2D eigenvalue weighted by atomic mass is 19.1. The quantitative estimate of drug-likeness (QED) is 0.268. The zero-order valence-electron chi connectivity index (χ0n) is 23.8. The van der Waals surface area contributed by atoms with Gasteiger partial charge >= 0.3 is 5.69 Å². The number of aromatic nitrogens is 2. The van der Waals surface area contributed by atoms with E-state index < -0.39 is 41.8 Å². The number of hydrogen-bond donors (Lipinski definition) is 2. The second-order valence-electron chi connectivity index (χ2n) is 9.95. The van der Waals surface area contributed by atoms with Crippen LogP contribution in [0.2, 0.25) is 0 Å². The molecule has 4 atom stereocenters. The third-order valence-corrected chi connectivity index (χ3v) is 7.31. The van der Waals surface area contributed by atoms with Crippen LogP contribution in [-0.4, -0.2) is 59.8 Å². The van der Waals surface area contributed by atoms with E-state index >= 15 is 4.39 Å². The molecule has 10 nitrogen and oxygen atoms in total. The largest absolute Gasteiger partial charge is 0.493 e. The van der Waals surface area contributed by atoms with Crippen molar-refractivity contribution in [3.05, 3.63) is 118 Å². The molecule has 11 heteroatoms. The van der Waals surface area contributed by atoms with Crippen molar-refractivity contribution in [1.29, 1.82) is 0 Å². The Morgan fingerprint density at radius 3 is 2.21 bits per heavy atom. The minimum atomic E-state index is -1.96. The van der Waals surface area contributed by atoms with E-state index in [0.717, 1.165) is 15.7 Å². The number of nitrogens with one attached hydrogen (secondary N) is 1. The van der Waals surface area contributed by atoms with Crippen LogP contribution >= 0.6 is 0 Å². The molecule has 0 aliphatic carbocycles. The maximum atomic E-state index is 15.5. The van der Waals surface area contributed by atoms with E-state index in [1.165, 1.54) is 26.3 Å². The van der Waals surface area contributed by atoms with E-state index in [1.54, 1.807) is 13.2 Å². The summed E-state index contributed by atoms with van der Waals surface area (Å²) in [6, 6.07) is 25.7. The molecule has 4 aromatic rings. The first-order valence-corrected chi connectivity index (χ1v) is 13.6. The Balaban J connectivity index is 1.55. The van der Waals surface area contributed by atoms with Crippen LogP contribution in [0.5, 0.6) is 11.5 Å². The monoisotopic (exact) mass is 589 g/mol. The van der Waals surface area contributed by atoms with E-state index in [0.29, 0.717) is 17.1 Å². The molecule has 0 spiro atoms. The molecule has 3 aromatic carbocycles. The number of carbonyl (C=O) groups is 1. The molecule has 0 bridgehead atoms. The van der Waals surface area contributed by atoms with Crippen molar-refractivity contribution in [3.8, 4) is 11.5 Å². The Bertz CT molecular complexity index is 1580. The number of carbonyl (C=O) groups excluding carboxylic acids is 1. The molecule has 5 rings (SSSR count). The normalized spacial score (nSPS) is 20.0. The Morgan fingerprint density at radius 1 is 1.00 bits per heavy atom. The number of aliphatic hydroxyl groups excluding tert-OH is 1. The van der Waals surface area contributed by atoms with Gasteiger partial charge < -0.3 is 29.4 Å². The Labute approximate surface area is 247 Å². The lowest BCUT2D eigenvalue weighted by Gasteiger charge is -2.37. The van der Waals surface area contributed by atoms with Crippen molar-refractivity contribution >= 4 is 11.7 Å². The minimum absolute atomic E-state index is 0.0188. The number of anilines is 1. The van der Waals surface area contributed by atoms with Gasteiger partial charge in [0.15, 0.2) is 23.9 Å². The summed E-state index contributed by atoms with van der Waals surface area (Å²) in [5.74, 6) is 0.523. The molecule has 1 aromatic heterocycles. The SMILES string of the molecule is COc1cccc(C(OC[C@H]2O[C@@H](n3ccc(NC(C)=O)nc3=O)[C@H](F)[C@@H]2O)(c2ccccc2)c2ccccc2)c1OC. The number of methoxy groups -OCH3 is 2. The number of para-hydroxylation sites is 1. The highest BCUT2D eigenvalue weighted by Gasteiger charge is 2.48. The Kier molecular flexibility index (Phi) is 8.86. The van der Waals surface area contributed by atoms with Crippen LogP contribution in [0, 0.1) is 0 Å². The van der Waals surface area contributed by atoms with Crippen LogP contribution in [0.4, 0.5) is 10.2 Å². The first-order chi connectivity index (χ1) is 20.8. The molecule has 2 N–H and O–H groups in total. The molecule has 0 saturated carbocycles. The van der Waals surface area contributed by atoms with Gasteiger partial charge in [-0.3, -0.25) is 9.36 Å². The summed E-state index contributed by atoms with van der Waals surface area (Å²) in [5, 5.41) is 13.3. The number of rotatable bonds is 10. The summed E-state index contributed by atoms with van der Waals surface area (Å²) in [6.07, 6.45) is -4.96. The van der Waals surface area contributed by atoms with Crippen LogP contribution < -0.4 is 20.5 Å². The van der Waals surface area contributed by atoms with E-state index in [1.807, 2.05) is 72.8 Å². The highest BCUT2D eigenvalue weighted by molar-refractivity contribution is 5.87. The van der Waals surface area contributed by atoms with Gasteiger partial charge in [-0.1, -0.05) is 72.8 Å². The predicted octanol–water partition coefficient (Wildman–Crippen LogP) is 3.82. The molecule has 1 saturated heterocycles. The predicted molar refractivity (Wildman–Crippen MR) is 156 cm³/mol. The number of ether oxygens (including phenoxy) is 4. The molecule has 2 heterocycles. The first-order valence-electron chi connectivity index (χ1n) is 13.6. The minimum Gasteiger partial charge on any atom is -0.493 e. The summed E-state index contributed by atoms with van der Waals surface area (Å²) in [7, 11) is 3.08. The number of amides is 1. The van der Waals surface area contributed by atoms with Crippen molar-refractivity contribution in [2.75, 3.05) is 26.1 Å². The molecule has 43 heavy (non-hydrogen) atoms. The van der Waals surface area contributed by atoms with Gasteiger partial charge in [-0.2, -0.15) is 4.98 Å². The first kappa shape index (κ1) is 29.9. The number of hydrogen-bond acceptors (Lipinski definition) is 8. The van der Waals surface area contributed by atoms with Crippen LogP contribution in [0.3, 0.4) is 0 Å². The summed E-state index contributed by atoms with van der Waals surface area (Å²) in [6.45, 7) is 1.01. The third kappa shape index (κ3) is 5.74. The zero-order chi connectivity index (χ0) is 30.6. The number of aliphatic hydroxyl groups is 1. The van der Waals surface area contributed by atoms with Gasteiger partial charge in [0.2, 0.25) is 5.91 Å². The zero-order valence-corrected chi connectivity index (χ0v) is 23.8. The van der Waals surface area contributed by atoms with E-state index in [9.17, 15) is 14.7 Å². The smallest absolute Gasteiger partial charge is 0.351 e. The Hall–Kier alpha value is -4.58. The van der Waals surface area contributed by atoms with Gasteiger partial charge in [0.1, 0.15) is 23.6 Å². The fourth-order valence-corrected chi connectivity index (χ4v) is 5.36. The lowest BCUT2D eigenvalue weighted by molar-refractivity contribution is -0.114.